The number of likely N-dealkylation sites (tertiary alicyclic amines) is 1. The van der Waals surface area contributed by atoms with Gasteiger partial charge in [0.15, 0.2) is 0 Å². The van der Waals surface area contributed by atoms with Gasteiger partial charge in [-0.3, -0.25) is 9.59 Å². The Hall–Kier alpha value is -1.59. The van der Waals surface area contributed by atoms with Gasteiger partial charge in [-0.05, 0) is 25.0 Å². The van der Waals surface area contributed by atoms with Crippen LogP contribution >= 0.6 is 11.6 Å². The molecule has 1 fully saturated rings. The molecule has 1 aromatic carbocycles. The zero-order chi connectivity index (χ0) is 15.5. The molecule has 0 aliphatic carbocycles. The van der Waals surface area contributed by atoms with Crippen LogP contribution in [0, 0.1) is 5.41 Å². The van der Waals surface area contributed by atoms with Crippen molar-refractivity contribution >= 4 is 23.5 Å². The number of carbonyl (C=O) groups is 2. The second kappa shape index (κ2) is 6.45. The maximum atomic E-state index is 12.0. The number of carboxylic acids is 1. The summed E-state index contributed by atoms with van der Waals surface area (Å²) >= 11 is 6.00. The van der Waals surface area contributed by atoms with E-state index in [4.69, 9.17) is 21.4 Å². The first kappa shape index (κ1) is 15.8. The minimum Gasteiger partial charge on any atom is -0.481 e. The summed E-state index contributed by atoms with van der Waals surface area (Å²) in [5.74, 6) is -1.05. The standard InChI is InChI=1S/C15H18ClNO4/c1-15(14(19)20)6-7-17(10-15)13(18)9-21-8-11-4-2-3-5-12(11)16/h2-5H,6-10H2,1H3,(H,19,20). The van der Waals surface area contributed by atoms with Crippen molar-refractivity contribution in [2.75, 3.05) is 19.7 Å². The number of hydrogen-bond acceptors (Lipinski definition) is 3. The van der Waals surface area contributed by atoms with Gasteiger partial charge in [0.05, 0.1) is 12.0 Å². The van der Waals surface area contributed by atoms with Crippen LogP contribution in [0.5, 0.6) is 0 Å². The number of benzene rings is 1. The summed E-state index contributed by atoms with van der Waals surface area (Å²) in [6.07, 6.45) is 0.471. The Labute approximate surface area is 128 Å². The normalized spacial score (nSPS) is 21.5. The molecular weight excluding hydrogens is 294 g/mol. The van der Waals surface area contributed by atoms with Crippen LogP contribution in [-0.2, 0) is 20.9 Å². The average Bonchev–Trinajstić information content (AvgIpc) is 2.85. The second-order valence-electron chi connectivity index (χ2n) is 5.52. The fourth-order valence-corrected chi connectivity index (χ4v) is 2.49. The molecule has 0 aromatic heterocycles. The zero-order valence-corrected chi connectivity index (χ0v) is 12.6. The molecule has 0 bridgehead atoms. The van der Waals surface area contributed by atoms with Crippen LogP contribution in [0.15, 0.2) is 24.3 Å². The Morgan fingerprint density at radius 2 is 2.14 bits per heavy atom. The van der Waals surface area contributed by atoms with E-state index in [9.17, 15) is 9.59 Å². The van der Waals surface area contributed by atoms with Crippen molar-refractivity contribution in [1.82, 2.24) is 4.90 Å². The highest BCUT2D eigenvalue weighted by atomic mass is 35.5. The molecule has 1 heterocycles. The lowest BCUT2D eigenvalue weighted by molar-refractivity contribution is -0.147. The Kier molecular flexibility index (Phi) is 4.85. The van der Waals surface area contributed by atoms with Crippen molar-refractivity contribution in [2.45, 2.75) is 20.0 Å². The minimum atomic E-state index is -0.866. The minimum absolute atomic E-state index is 0.0685. The lowest BCUT2D eigenvalue weighted by Crippen LogP contribution is -2.36. The molecule has 1 aliphatic heterocycles. The highest BCUT2D eigenvalue weighted by Crippen LogP contribution is 2.30. The van der Waals surface area contributed by atoms with Crippen molar-refractivity contribution in [3.8, 4) is 0 Å². The van der Waals surface area contributed by atoms with Gasteiger partial charge in [0, 0.05) is 18.1 Å². The van der Waals surface area contributed by atoms with Gasteiger partial charge in [-0.1, -0.05) is 29.8 Å². The van der Waals surface area contributed by atoms with Crippen molar-refractivity contribution in [3.63, 3.8) is 0 Å². The molecular formula is C15H18ClNO4. The maximum Gasteiger partial charge on any atom is 0.311 e. The van der Waals surface area contributed by atoms with Gasteiger partial charge in [-0.15, -0.1) is 0 Å². The SMILES string of the molecule is CC1(C(=O)O)CCN(C(=O)COCc2ccccc2Cl)C1. The third-order valence-corrected chi connectivity index (χ3v) is 4.15. The summed E-state index contributed by atoms with van der Waals surface area (Å²) in [6, 6.07) is 7.28. The van der Waals surface area contributed by atoms with Gasteiger partial charge < -0.3 is 14.7 Å². The van der Waals surface area contributed by atoms with Gasteiger partial charge in [-0.2, -0.15) is 0 Å². The molecule has 2 rings (SSSR count). The predicted octanol–water partition coefficient (Wildman–Crippen LogP) is 2.18. The van der Waals surface area contributed by atoms with Crippen LogP contribution in [0.4, 0.5) is 0 Å². The summed E-state index contributed by atoms with van der Waals surface area (Å²) in [4.78, 5) is 24.7. The molecule has 1 aromatic rings. The van der Waals surface area contributed by atoms with Crippen molar-refractivity contribution in [3.05, 3.63) is 34.9 Å². The van der Waals surface area contributed by atoms with E-state index in [0.717, 1.165) is 5.56 Å². The largest absolute Gasteiger partial charge is 0.481 e. The van der Waals surface area contributed by atoms with Crippen LogP contribution in [0.1, 0.15) is 18.9 Å². The van der Waals surface area contributed by atoms with Crippen molar-refractivity contribution in [1.29, 1.82) is 0 Å². The fourth-order valence-electron chi connectivity index (χ4n) is 2.30. The van der Waals surface area contributed by atoms with Crippen molar-refractivity contribution in [2.24, 2.45) is 5.41 Å². The van der Waals surface area contributed by atoms with E-state index in [2.05, 4.69) is 0 Å². The molecule has 0 spiro atoms. The topological polar surface area (TPSA) is 66.8 Å². The molecule has 1 atom stereocenters. The van der Waals surface area contributed by atoms with E-state index in [0.29, 0.717) is 18.0 Å². The number of halogens is 1. The molecule has 5 nitrogen and oxygen atoms in total. The molecule has 114 valence electrons. The van der Waals surface area contributed by atoms with Gasteiger partial charge in [0.25, 0.3) is 0 Å². The molecule has 1 aliphatic rings. The number of amides is 1. The first-order valence-corrected chi connectivity index (χ1v) is 7.12. The number of nitrogens with zero attached hydrogens (tertiary/aromatic N) is 1. The van der Waals surface area contributed by atoms with Crippen molar-refractivity contribution < 1.29 is 19.4 Å². The third kappa shape index (κ3) is 3.74. The number of aliphatic carboxylic acids is 1. The smallest absolute Gasteiger partial charge is 0.311 e. The van der Waals surface area contributed by atoms with E-state index < -0.39 is 11.4 Å². The number of carbonyl (C=O) groups excluding carboxylic acids is 1. The Bertz CT molecular complexity index is 548. The summed E-state index contributed by atoms with van der Waals surface area (Å²) in [6.45, 7) is 2.54. The molecule has 0 radical (unpaired) electrons. The van der Waals surface area contributed by atoms with Crippen LogP contribution in [0.3, 0.4) is 0 Å². The number of ether oxygens (including phenoxy) is 1. The second-order valence-corrected chi connectivity index (χ2v) is 5.92. The third-order valence-electron chi connectivity index (χ3n) is 3.78. The Balaban J connectivity index is 1.81. The number of rotatable bonds is 5. The quantitative estimate of drug-likeness (QED) is 0.905. The lowest BCUT2D eigenvalue weighted by atomic mass is 9.90. The zero-order valence-electron chi connectivity index (χ0n) is 11.8. The van der Waals surface area contributed by atoms with Crippen LogP contribution in [0.2, 0.25) is 5.02 Å². The van der Waals surface area contributed by atoms with Crippen LogP contribution in [-0.4, -0.2) is 41.6 Å². The molecule has 1 unspecified atom stereocenters. The molecule has 0 saturated carbocycles. The summed E-state index contributed by atoms with van der Waals surface area (Å²) in [5.41, 5.74) is -0.0259. The van der Waals surface area contributed by atoms with Gasteiger partial charge in [0.1, 0.15) is 6.61 Å². The molecule has 21 heavy (non-hydrogen) atoms. The first-order chi connectivity index (χ1) is 9.92. The van der Waals surface area contributed by atoms with Crippen LogP contribution in [0.25, 0.3) is 0 Å². The monoisotopic (exact) mass is 311 g/mol. The van der Waals surface area contributed by atoms with E-state index in [1.54, 1.807) is 17.9 Å². The first-order valence-electron chi connectivity index (χ1n) is 6.75. The van der Waals surface area contributed by atoms with Gasteiger partial charge in [0.2, 0.25) is 5.91 Å². The molecule has 6 heteroatoms. The lowest BCUT2D eigenvalue weighted by Gasteiger charge is -2.20. The highest BCUT2D eigenvalue weighted by Gasteiger charge is 2.41. The fraction of sp³-hybridized carbons (Fsp3) is 0.467. The summed E-state index contributed by atoms with van der Waals surface area (Å²) in [7, 11) is 0. The molecule has 1 saturated heterocycles. The van der Waals surface area contributed by atoms with Gasteiger partial charge in [-0.25, -0.2) is 0 Å². The molecule has 1 N–H and O–H groups in total. The van der Waals surface area contributed by atoms with E-state index in [1.807, 2.05) is 18.2 Å². The van der Waals surface area contributed by atoms with E-state index in [-0.39, 0.29) is 25.7 Å². The predicted molar refractivity (Wildman–Crippen MR) is 78.0 cm³/mol. The highest BCUT2D eigenvalue weighted by molar-refractivity contribution is 6.31. The average molecular weight is 312 g/mol. The maximum absolute atomic E-state index is 12.0. The summed E-state index contributed by atoms with van der Waals surface area (Å²) < 4.78 is 5.38. The van der Waals surface area contributed by atoms with Gasteiger partial charge >= 0.3 is 5.97 Å². The van der Waals surface area contributed by atoms with E-state index >= 15 is 0 Å². The molecule has 1 amide bonds. The van der Waals surface area contributed by atoms with E-state index in [1.165, 1.54) is 0 Å². The Morgan fingerprint density at radius 3 is 2.76 bits per heavy atom. The van der Waals surface area contributed by atoms with Crippen LogP contribution < -0.4 is 0 Å². The Morgan fingerprint density at radius 1 is 1.43 bits per heavy atom. The number of carboxylic acid groups (broad SMARTS) is 1. The summed E-state index contributed by atoms with van der Waals surface area (Å²) in [5, 5.41) is 9.74. The number of hydrogen-bond donors (Lipinski definition) is 1.